The van der Waals surface area contributed by atoms with E-state index in [4.69, 9.17) is 5.73 Å². The van der Waals surface area contributed by atoms with Gasteiger partial charge in [0, 0.05) is 18.8 Å². The zero-order chi connectivity index (χ0) is 14.3. The Morgan fingerprint density at radius 3 is 2.42 bits per heavy atom. The molecule has 8 heteroatoms. The minimum atomic E-state index is -3.30. The highest BCUT2D eigenvalue weighted by atomic mass is 32.2. The summed E-state index contributed by atoms with van der Waals surface area (Å²) in [4.78, 5) is 11.5. The van der Waals surface area contributed by atoms with E-state index in [1.165, 1.54) is 7.05 Å². The molecule has 1 aromatic rings. The normalized spacial score (nSPS) is 11.1. The van der Waals surface area contributed by atoms with Crippen LogP contribution < -0.4 is 21.1 Å². The minimum Gasteiger partial charge on any atom is -0.337 e. The first-order chi connectivity index (χ1) is 8.96. The van der Waals surface area contributed by atoms with Crippen LogP contribution in [0.3, 0.4) is 0 Å². The smallest absolute Gasteiger partial charge is 0.319 e. The van der Waals surface area contributed by atoms with Gasteiger partial charge in [0.2, 0.25) is 10.0 Å². The SMILES string of the molecule is CNS(=O)(=O)CCNC(=O)Nc1ccc(CN)cc1. The summed E-state index contributed by atoms with van der Waals surface area (Å²) in [6.45, 7) is 0.476. The highest BCUT2D eigenvalue weighted by Gasteiger charge is 2.07. The van der Waals surface area contributed by atoms with Crippen LogP contribution in [-0.4, -0.2) is 33.8 Å². The third-order valence-corrected chi connectivity index (χ3v) is 3.78. The Labute approximate surface area is 112 Å². The molecule has 5 N–H and O–H groups in total. The van der Waals surface area contributed by atoms with E-state index in [0.717, 1.165) is 5.56 Å². The molecule has 0 aliphatic carbocycles. The monoisotopic (exact) mass is 286 g/mol. The van der Waals surface area contributed by atoms with Crippen molar-refractivity contribution < 1.29 is 13.2 Å². The largest absolute Gasteiger partial charge is 0.337 e. The van der Waals surface area contributed by atoms with Gasteiger partial charge in [-0.1, -0.05) is 12.1 Å². The van der Waals surface area contributed by atoms with Gasteiger partial charge in [0.1, 0.15) is 0 Å². The van der Waals surface area contributed by atoms with Crippen molar-refractivity contribution in [3.05, 3.63) is 29.8 Å². The van der Waals surface area contributed by atoms with Gasteiger partial charge in [-0.25, -0.2) is 17.9 Å². The molecule has 0 radical (unpaired) electrons. The van der Waals surface area contributed by atoms with Gasteiger partial charge in [0.15, 0.2) is 0 Å². The van der Waals surface area contributed by atoms with Gasteiger partial charge >= 0.3 is 6.03 Å². The van der Waals surface area contributed by atoms with E-state index in [1.807, 2.05) is 0 Å². The first-order valence-corrected chi connectivity index (χ1v) is 7.37. The third kappa shape index (κ3) is 5.69. The first kappa shape index (κ1) is 15.4. The summed E-state index contributed by atoms with van der Waals surface area (Å²) in [5, 5.41) is 5.05. The molecule has 0 fully saturated rings. The van der Waals surface area contributed by atoms with E-state index < -0.39 is 16.1 Å². The summed E-state index contributed by atoms with van der Waals surface area (Å²) in [7, 11) is -1.98. The van der Waals surface area contributed by atoms with Gasteiger partial charge in [0.25, 0.3) is 0 Å². The third-order valence-electron chi connectivity index (χ3n) is 2.41. The molecule has 0 saturated heterocycles. The molecule has 0 spiro atoms. The number of amides is 2. The number of rotatable bonds is 6. The molecule has 0 bridgehead atoms. The second-order valence-electron chi connectivity index (χ2n) is 3.80. The zero-order valence-corrected chi connectivity index (χ0v) is 11.5. The highest BCUT2D eigenvalue weighted by Crippen LogP contribution is 2.08. The summed E-state index contributed by atoms with van der Waals surface area (Å²) >= 11 is 0. The van der Waals surface area contributed by atoms with Crippen LogP contribution in [0.4, 0.5) is 10.5 Å². The fourth-order valence-corrected chi connectivity index (χ4v) is 1.88. The maximum absolute atomic E-state index is 11.5. The molecule has 0 unspecified atom stereocenters. The number of anilines is 1. The Morgan fingerprint density at radius 2 is 1.89 bits per heavy atom. The standard InChI is InChI=1S/C11H18N4O3S/c1-13-19(17,18)7-6-14-11(16)15-10-4-2-9(8-12)3-5-10/h2-5,13H,6-8,12H2,1H3,(H2,14,15,16). The molecule has 1 aromatic carbocycles. The number of urea groups is 1. The lowest BCUT2D eigenvalue weighted by Gasteiger charge is -2.08. The van der Waals surface area contributed by atoms with E-state index in [2.05, 4.69) is 15.4 Å². The van der Waals surface area contributed by atoms with E-state index in [0.29, 0.717) is 12.2 Å². The molecule has 0 aliphatic rings. The van der Waals surface area contributed by atoms with E-state index in [9.17, 15) is 13.2 Å². The van der Waals surface area contributed by atoms with E-state index in [-0.39, 0.29) is 12.3 Å². The van der Waals surface area contributed by atoms with Crippen molar-refractivity contribution in [2.24, 2.45) is 5.73 Å². The fraction of sp³-hybridized carbons (Fsp3) is 0.364. The number of hydrogen-bond donors (Lipinski definition) is 4. The summed E-state index contributed by atoms with van der Waals surface area (Å²) < 4.78 is 24.4. The summed E-state index contributed by atoms with van der Waals surface area (Å²) in [6, 6.07) is 6.62. The Balaban J connectivity index is 2.38. The number of nitrogens with two attached hydrogens (primary N) is 1. The molecule has 0 saturated carbocycles. The van der Waals surface area contributed by atoms with Crippen LogP contribution in [0.5, 0.6) is 0 Å². The lowest BCUT2D eigenvalue weighted by molar-refractivity contribution is 0.252. The van der Waals surface area contributed by atoms with Crippen molar-refractivity contribution in [1.29, 1.82) is 0 Å². The Bertz CT molecular complexity index is 513. The van der Waals surface area contributed by atoms with Crippen LogP contribution in [0.15, 0.2) is 24.3 Å². The molecule has 1 rings (SSSR count). The second-order valence-corrected chi connectivity index (χ2v) is 5.85. The second kappa shape index (κ2) is 7.07. The summed E-state index contributed by atoms with van der Waals surface area (Å²) in [5.74, 6) is -0.164. The molecule has 0 aliphatic heterocycles. The summed E-state index contributed by atoms with van der Waals surface area (Å²) in [5.41, 5.74) is 7.04. The van der Waals surface area contributed by atoms with Gasteiger partial charge in [-0.05, 0) is 24.7 Å². The molecular formula is C11H18N4O3S. The van der Waals surface area contributed by atoms with Gasteiger partial charge in [0.05, 0.1) is 5.75 Å². The first-order valence-electron chi connectivity index (χ1n) is 5.72. The Kier molecular flexibility index (Phi) is 5.74. The van der Waals surface area contributed by atoms with E-state index >= 15 is 0 Å². The number of benzene rings is 1. The van der Waals surface area contributed by atoms with Crippen LogP contribution in [0.2, 0.25) is 0 Å². The molecule has 7 nitrogen and oxygen atoms in total. The number of carbonyl (C=O) groups is 1. The highest BCUT2D eigenvalue weighted by molar-refractivity contribution is 7.89. The average Bonchev–Trinajstić information content (AvgIpc) is 2.39. The number of sulfonamides is 1. The zero-order valence-electron chi connectivity index (χ0n) is 10.6. The van der Waals surface area contributed by atoms with Crippen LogP contribution in [0, 0.1) is 0 Å². The number of carbonyl (C=O) groups excluding carboxylic acids is 1. The Hall–Kier alpha value is -1.64. The molecule has 0 aromatic heterocycles. The lowest BCUT2D eigenvalue weighted by Crippen LogP contribution is -2.35. The van der Waals surface area contributed by atoms with Crippen molar-refractivity contribution >= 4 is 21.7 Å². The van der Waals surface area contributed by atoms with Gasteiger partial charge in [-0.2, -0.15) is 0 Å². The van der Waals surface area contributed by atoms with Crippen molar-refractivity contribution in [3.63, 3.8) is 0 Å². The topological polar surface area (TPSA) is 113 Å². The maximum Gasteiger partial charge on any atom is 0.319 e. The van der Waals surface area contributed by atoms with Gasteiger partial charge in [-0.15, -0.1) is 0 Å². The maximum atomic E-state index is 11.5. The Morgan fingerprint density at radius 1 is 1.26 bits per heavy atom. The molecule has 19 heavy (non-hydrogen) atoms. The molecule has 0 heterocycles. The molecule has 2 amide bonds. The molecular weight excluding hydrogens is 268 g/mol. The van der Waals surface area contributed by atoms with Gasteiger partial charge < -0.3 is 16.4 Å². The average molecular weight is 286 g/mol. The van der Waals surface area contributed by atoms with E-state index in [1.54, 1.807) is 24.3 Å². The van der Waals surface area contributed by atoms with Crippen LogP contribution in [-0.2, 0) is 16.6 Å². The molecule has 106 valence electrons. The summed E-state index contributed by atoms with van der Waals surface area (Å²) in [6.07, 6.45) is 0. The van der Waals surface area contributed by atoms with Crippen LogP contribution in [0.1, 0.15) is 5.56 Å². The van der Waals surface area contributed by atoms with Crippen molar-refractivity contribution in [1.82, 2.24) is 10.0 Å². The minimum absolute atomic E-state index is 0.0376. The van der Waals surface area contributed by atoms with Crippen LogP contribution in [0.25, 0.3) is 0 Å². The predicted molar refractivity (Wildman–Crippen MR) is 74.2 cm³/mol. The fourth-order valence-electron chi connectivity index (χ4n) is 1.30. The van der Waals surface area contributed by atoms with Crippen molar-refractivity contribution in [3.8, 4) is 0 Å². The van der Waals surface area contributed by atoms with Gasteiger partial charge in [-0.3, -0.25) is 0 Å². The number of nitrogens with one attached hydrogen (secondary N) is 3. The van der Waals surface area contributed by atoms with Crippen molar-refractivity contribution in [2.45, 2.75) is 6.54 Å². The predicted octanol–water partition coefficient (Wildman–Crippen LogP) is -0.184. The quantitative estimate of drug-likeness (QED) is 0.580. The lowest BCUT2D eigenvalue weighted by atomic mass is 10.2. The molecule has 0 atom stereocenters. The van der Waals surface area contributed by atoms with Crippen molar-refractivity contribution in [2.75, 3.05) is 24.7 Å². The van der Waals surface area contributed by atoms with Crippen LogP contribution >= 0.6 is 0 Å². The number of hydrogen-bond acceptors (Lipinski definition) is 4.